The molecule has 1 saturated heterocycles. The van der Waals surface area contributed by atoms with Crippen LogP contribution in [0, 0.1) is 0 Å². The van der Waals surface area contributed by atoms with E-state index in [2.05, 4.69) is 11.6 Å². The van der Waals surface area contributed by atoms with E-state index in [0.29, 0.717) is 55.4 Å². The molecule has 2 aromatic carbocycles. The third-order valence-corrected chi connectivity index (χ3v) is 5.92. The minimum absolute atomic E-state index is 0.0616. The van der Waals surface area contributed by atoms with Crippen molar-refractivity contribution in [2.24, 2.45) is 0 Å². The average Bonchev–Trinajstić information content (AvgIpc) is 3.50. The van der Waals surface area contributed by atoms with Crippen LogP contribution in [0.5, 0.6) is 11.5 Å². The Balaban J connectivity index is 1.69. The second-order valence-corrected chi connectivity index (χ2v) is 8.27. The number of aliphatic hydroxyl groups excluding tert-OH is 1. The number of carbonyl (C=O) groups is 2. The van der Waals surface area contributed by atoms with Gasteiger partial charge in [0.25, 0.3) is 11.7 Å². The quantitative estimate of drug-likeness (QED) is 0.187. The number of imidazole rings is 1. The molecule has 4 rings (SSSR count). The molecule has 0 aliphatic carbocycles. The number of aryl methyl sites for hydroxylation is 1. The lowest BCUT2D eigenvalue weighted by molar-refractivity contribution is -0.139. The molecule has 1 atom stereocenters. The zero-order chi connectivity index (χ0) is 25.5. The van der Waals surface area contributed by atoms with Crippen LogP contribution in [-0.2, 0) is 16.1 Å². The third kappa shape index (κ3) is 5.33. The number of hydrogen-bond donors (Lipinski definition) is 1. The molecule has 1 aromatic heterocycles. The average molecular weight is 488 g/mol. The first-order valence-corrected chi connectivity index (χ1v) is 11.8. The summed E-state index contributed by atoms with van der Waals surface area (Å²) in [4.78, 5) is 31.9. The number of nitrogens with zero attached hydrogens (tertiary/aromatic N) is 3. The summed E-state index contributed by atoms with van der Waals surface area (Å²) in [5.74, 6) is -0.264. The van der Waals surface area contributed by atoms with Gasteiger partial charge in [0, 0.05) is 31.0 Å². The van der Waals surface area contributed by atoms with E-state index >= 15 is 0 Å². The van der Waals surface area contributed by atoms with E-state index in [-0.39, 0.29) is 11.3 Å². The summed E-state index contributed by atoms with van der Waals surface area (Å²) in [7, 11) is 0. The summed E-state index contributed by atoms with van der Waals surface area (Å²) in [5, 5.41) is 11.2. The van der Waals surface area contributed by atoms with Crippen LogP contribution >= 0.6 is 0 Å². The molecule has 1 fully saturated rings. The van der Waals surface area contributed by atoms with Gasteiger partial charge in [-0.15, -0.1) is 0 Å². The Bertz CT molecular complexity index is 1230. The number of carbonyl (C=O) groups excluding carboxylic acids is 2. The van der Waals surface area contributed by atoms with Gasteiger partial charge in [-0.1, -0.05) is 24.8 Å². The van der Waals surface area contributed by atoms with Crippen LogP contribution in [0.4, 0.5) is 0 Å². The minimum atomic E-state index is -0.729. The Morgan fingerprint density at radius 1 is 1.06 bits per heavy atom. The number of rotatable bonds is 11. The van der Waals surface area contributed by atoms with Crippen molar-refractivity contribution in [1.29, 1.82) is 0 Å². The summed E-state index contributed by atoms with van der Waals surface area (Å²) in [6, 6.07) is 13.2. The van der Waals surface area contributed by atoms with E-state index in [1.54, 1.807) is 55.0 Å². The van der Waals surface area contributed by atoms with Crippen molar-refractivity contribution in [2.45, 2.75) is 25.9 Å². The second-order valence-electron chi connectivity index (χ2n) is 8.27. The molecule has 3 aromatic rings. The van der Waals surface area contributed by atoms with Crippen molar-refractivity contribution in [3.8, 4) is 11.5 Å². The van der Waals surface area contributed by atoms with Gasteiger partial charge in [0.1, 0.15) is 23.9 Å². The molecule has 1 N–H and O–H groups in total. The summed E-state index contributed by atoms with van der Waals surface area (Å²) < 4.78 is 13.0. The normalized spacial score (nSPS) is 16.8. The van der Waals surface area contributed by atoms with E-state index in [9.17, 15) is 14.7 Å². The molecule has 0 unspecified atom stereocenters. The zero-order valence-electron chi connectivity index (χ0n) is 20.2. The number of aliphatic hydroxyl groups is 1. The largest absolute Gasteiger partial charge is 0.507 e. The number of benzene rings is 2. The predicted octanol–water partition coefficient (Wildman–Crippen LogP) is 4.36. The SMILES string of the molecule is C=CCOc1ccc([C@H]2C(=C(O)c3ccc(OCC)cc3)C(=O)C(=O)N2CCCn2ccnc2)cc1. The lowest BCUT2D eigenvalue weighted by Crippen LogP contribution is -2.31. The molecule has 36 heavy (non-hydrogen) atoms. The molecular weight excluding hydrogens is 458 g/mol. The summed E-state index contributed by atoms with van der Waals surface area (Å²) in [6.07, 6.45) is 7.52. The number of amides is 1. The van der Waals surface area contributed by atoms with E-state index in [0.717, 1.165) is 0 Å². The smallest absolute Gasteiger partial charge is 0.295 e. The van der Waals surface area contributed by atoms with Crippen LogP contribution in [0.15, 0.2) is 85.5 Å². The van der Waals surface area contributed by atoms with E-state index in [4.69, 9.17) is 9.47 Å². The monoisotopic (exact) mass is 487 g/mol. The van der Waals surface area contributed by atoms with Gasteiger partial charge in [-0.3, -0.25) is 9.59 Å². The number of likely N-dealkylation sites (tertiary alicyclic amines) is 1. The van der Waals surface area contributed by atoms with Crippen molar-refractivity contribution in [1.82, 2.24) is 14.5 Å². The van der Waals surface area contributed by atoms with Crippen molar-refractivity contribution >= 4 is 17.4 Å². The maximum Gasteiger partial charge on any atom is 0.295 e. The van der Waals surface area contributed by atoms with Gasteiger partial charge >= 0.3 is 0 Å². The van der Waals surface area contributed by atoms with Crippen LogP contribution in [0.25, 0.3) is 5.76 Å². The second kappa shape index (κ2) is 11.4. The first kappa shape index (κ1) is 24.8. The molecule has 8 heteroatoms. The molecular formula is C28H29N3O5. The Hall–Kier alpha value is -4.33. The predicted molar refractivity (Wildman–Crippen MR) is 136 cm³/mol. The van der Waals surface area contributed by atoms with Gasteiger partial charge in [-0.05, 0) is 55.3 Å². The van der Waals surface area contributed by atoms with Crippen LogP contribution in [0.3, 0.4) is 0 Å². The van der Waals surface area contributed by atoms with Crippen LogP contribution in [0.2, 0.25) is 0 Å². The molecule has 0 saturated carbocycles. The first-order valence-electron chi connectivity index (χ1n) is 11.8. The standard InChI is InChI=1S/C28H29N3O5/c1-3-18-36-23-10-6-20(7-11-23)25-24(26(32)21-8-12-22(13-9-21)35-4-2)27(33)28(34)31(25)16-5-15-30-17-14-29-19-30/h3,6-14,17,19,25,32H,1,4-5,15-16,18H2,2H3/t25-/m0/s1. The topological polar surface area (TPSA) is 93.9 Å². The molecule has 8 nitrogen and oxygen atoms in total. The van der Waals surface area contributed by atoms with Crippen LogP contribution < -0.4 is 9.47 Å². The highest BCUT2D eigenvalue weighted by Crippen LogP contribution is 2.40. The number of ether oxygens (including phenoxy) is 2. The summed E-state index contributed by atoms with van der Waals surface area (Å²) in [5.41, 5.74) is 1.20. The maximum atomic E-state index is 13.2. The zero-order valence-corrected chi connectivity index (χ0v) is 20.2. The fourth-order valence-electron chi connectivity index (χ4n) is 4.23. The highest BCUT2D eigenvalue weighted by atomic mass is 16.5. The Morgan fingerprint density at radius 3 is 2.39 bits per heavy atom. The molecule has 2 heterocycles. The van der Waals surface area contributed by atoms with Crippen molar-refractivity contribution in [2.75, 3.05) is 19.8 Å². The highest BCUT2D eigenvalue weighted by molar-refractivity contribution is 6.46. The number of ketones is 1. The lowest BCUT2D eigenvalue weighted by atomic mass is 9.95. The van der Waals surface area contributed by atoms with Gasteiger partial charge in [0.05, 0.1) is 24.5 Å². The van der Waals surface area contributed by atoms with Gasteiger partial charge < -0.3 is 24.0 Å². The minimum Gasteiger partial charge on any atom is -0.507 e. The first-order chi connectivity index (χ1) is 17.5. The van der Waals surface area contributed by atoms with E-state index in [1.807, 2.05) is 29.8 Å². The highest BCUT2D eigenvalue weighted by Gasteiger charge is 2.45. The Kier molecular flexibility index (Phi) is 7.85. The molecule has 0 spiro atoms. The van der Waals surface area contributed by atoms with Crippen molar-refractivity contribution in [3.63, 3.8) is 0 Å². The third-order valence-electron chi connectivity index (χ3n) is 5.92. The van der Waals surface area contributed by atoms with Crippen LogP contribution in [-0.4, -0.2) is 51.0 Å². The maximum absolute atomic E-state index is 13.2. The Morgan fingerprint density at radius 2 is 1.75 bits per heavy atom. The van der Waals surface area contributed by atoms with Crippen molar-refractivity contribution in [3.05, 3.63) is 96.6 Å². The Labute approximate surface area is 210 Å². The summed E-state index contributed by atoms with van der Waals surface area (Å²) in [6.45, 7) is 7.39. The molecule has 186 valence electrons. The van der Waals surface area contributed by atoms with E-state index in [1.165, 1.54) is 4.90 Å². The number of hydrogen-bond acceptors (Lipinski definition) is 6. The van der Waals surface area contributed by atoms with Gasteiger partial charge in [0.2, 0.25) is 0 Å². The van der Waals surface area contributed by atoms with Gasteiger partial charge in [0.15, 0.2) is 0 Å². The van der Waals surface area contributed by atoms with Gasteiger partial charge in [-0.2, -0.15) is 0 Å². The fraction of sp³-hybridized carbons (Fsp3) is 0.250. The molecule has 1 aliphatic rings. The molecule has 0 radical (unpaired) electrons. The number of Topliss-reactive ketones (excluding diaryl/α,β-unsaturated/α-hetero) is 1. The fourth-order valence-corrected chi connectivity index (χ4v) is 4.23. The van der Waals surface area contributed by atoms with Crippen molar-refractivity contribution < 1.29 is 24.2 Å². The summed E-state index contributed by atoms with van der Waals surface area (Å²) >= 11 is 0. The van der Waals surface area contributed by atoms with E-state index < -0.39 is 17.7 Å². The molecule has 0 bridgehead atoms. The molecule has 1 aliphatic heterocycles. The number of aromatic nitrogens is 2. The van der Waals surface area contributed by atoms with Crippen LogP contribution in [0.1, 0.15) is 30.5 Å². The lowest BCUT2D eigenvalue weighted by Gasteiger charge is -2.25. The molecule has 1 amide bonds. The van der Waals surface area contributed by atoms with Gasteiger partial charge in [-0.25, -0.2) is 4.98 Å².